The summed E-state index contributed by atoms with van der Waals surface area (Å²) in [7, 11) is 0. The van der Waals surface area contributed by atoms with E-state index in [9.17, 15) is 0 Å². The van der Waals surface area contributed by atoms with Crippen molar-refractivity contribution in [2.24, 2.45) is 5.16 Å². The van der Waals surface area contributed by atoms with E-state index in [0.717, 1.165) is 0 Å². The molecule has 0 fully saturated rings. The van der Waals surface area contributed by atoms with Crippen molar-refractivity contribution in [2.45, 2.75) is 0 Å². The van der Waals surface area contributed by atoms with Crippen LogP contribution in [0.3, 0.4) is 0 Å². The lowest BCUT2D eigenvalue weighted by atomic mass is 10.7. The zero-order chi connectivity index (χ0) is 9.68. The Balaban J connectivity index is 2.66. The third-order valence-electron chi connectivity index (χ3n) is 1.10. The van der Waals surface area contributed by atoms with E-state index in [-0.39, 0.29) is 24.4 Å². The smallest absolute Gasteiger partial charge is 0.229 e. The van der Waals surface area contributed by atoms with Gasteiger partial charge in [0.25, 0.3) is 0 Å². The van der Waals surface area contributed by atoms with E-state index < -0.39 is 0 Å². The lowest BCUT2D eigenvalue weighted by Crippen LogP contribution is -2.10. The molecule has 0 atom stereocenters. The largest absolute Gasteiger partial charge is 0.411 e. The van der Waals surface area contributed by atoms with Crippen LogP contribution >= 0.6 is 0 Å². The van der Waals surface area contributed by atoms with E-state index in [4.69, 9.17) is 16.7 Å². The van der Waals surface area contributed by atoms with Gasteiger partial charge in [0.05, 0.1) is 12.8 Å². The fraction of sp³-hybridized carbons (Fsp3) is 0.200. The molecule has 0 spiro atoms. The minimum atomic E-state index is 0.0379. The van der Waals surface area contributed by atoms with Crippen molar-refractivity contribution in [3.63, 3.8) is 0 Å². The molecule has 0 amide bonds. The fourth-order valence-electron chi connectivity index (χ4n) is 0.666. The maximum atomic E-state index is 8.08. The van der Waals surface area contributed by atoms with Gasteiger partial charge in [0, 0.05) is 0 Å². The van der Waals surface area contributed by atoms with Crippen LogP contribution < -0.4 is 16.8 Å². The summed E-state index contributed by atoms with van der Waals surface area (Å²) in [5.41, 5.74) is 10.6. The van der Waals surface area contributed by atoms with Crippen molar-refractivity contribution >= 4 is 24.1 Å². The highest BCUT2D eigenvalue weighted by Crippen LogP contribution is 2.01. The van der Waals surface area contributed by atoms with Crippen LogP contribution in [0, 0.1) is 0 Å². The van der Waals surface area contributed by atoms with Crippen molar-refractivity contribution in [1.29, 1.82) is 0 Å². The molecular weight excluding hydrogens is 174 g/mol. The first-order valence-electron chi connectivity index (χ1n) is 3.39. The number of anilines is 3. The van der Waals surface area contributed by atoms with Crippen LogP contribution in [-0.2, 0) is 0 Å². The first kappa shape index (κ1) is 8.97. The topological polar surface area (TPSA) is 135 Å². The Labute approximate surface area is 73.7 Å². The first-order chi connectivity index (χ1) is 6.22. The lowest BCUT2D eigenvalue weighted by molar-refractivity contribution is 0.321. The van der Waals surface area contributed by atoms with Gasteiger partial charge in [0.2, 0.25) is 17.8 Å². The predicted octanol–water partition coefficient (Wildman–Crippen LogP) is -1.09. The molecule has 13 heavy (non-hydrogen) atoms. The number of nitrogen functional groups attached to an aromatic ring is 2. The van der Waals surface area contributed by atoms with Crippen LogP contribution in [0.5, 0.6) is 0 Å². The summed E-state index contributed by atoms with van der Waals surface area (Å²) in [6.07, 6.45) is 1.23. The number of oxime groups is 1. The van der Waals surface area contributed by atoms with E-state index in [2.05, 4.69) is 25.4 Å². The fourth-order valence-corrected chi connectivity index (χ4v) is 0.666. The molecule has 0 bridgehead atoms. The Bertz CT molecular complexity index is 292. The molecule has 0 aromatic carbocycles. The minimum absolute atomic E-state index is 0.0379. The highest BCUT2D eigenvalue weighted by atomic mass is 16.4. The molecule has 1 aromatic heterocycles. The number of aromatic nitrogens is 3. The average Bonchev–Trinajstić information content (AvgIpc) is 2.03. The van der Waals surface area contributed by atoms with Gasteiger partial charge in [-0.05, 0) is 0 Å². The summed E-state index contributed by atoms with van der Waals surface area (Å²) >= 11 is 0. The first-order valence-corrected chi connectivity index (χ1v) is 3.39. The van der Waals surface area contributed by atoms with Crippen LogP contribution in [-0.4, -0.2) is 32.9 Å². The Kier molecular flexibility index (Phi) is 2.79. The molecule has 0 saturated heterocycles. The summed E-state index contributed by atoms with van der Waals surface area (Å²) in [6.45, 7) is 0.277. The molecule has 0 aliphatic rings. The Morgan fingerprint density at radius 3 is 2.46 bits per heavy atom. The second kappa shape index (κ2) is 4.04. The van der Waals surface area contributed by atoms with Crippen molar-refractivity contribution in [2.75, 3.05) is 23.3 Å². The van der Waals surface area contributed by atoms with Gasteiger partial charge in [-0.3, -0.25) is 0 Å². The van der Waals surface area contributed by atoms with Gasteiger partial charge in [-0.1, -0.05) is 0 Å². The average molecular weight is 183 g/mol. The molecular formula is C5H9N7O. The molecule has 0 aliphatic heterocycles. The Morgan fingerprint density at radius 1 is 1.31 bits per heavy atom. The maximum absolute atomic E-state index is 8.08. The minimum Gasteiger partial charge on any atom is -0.411 e. The second-order valence-electron chi connectivity index (χ2n) is 2.05. The van der Waals surface area contributed by atoms with Crippen LogP contribution in [0.15, 0.2) is 5.16 Å². The summed E-state index contributed by atoms with van der Waals surface area (Å²) in [6, 6.07) is 0. The third kappa shape index (κ3) is 2.77. The standard InChI is InChI=1S/C5H9N7O/c6-3-10-4(7)12-5(11-3)8-1-2-9-13/h2,13H,1H2,(H5,6,7,8,10,11,12). The number of hydrogen-bond donors (Lipinski definition) is 4. The normalized spacial score (nSPS) is 10.5. The Hall–Kier alpha value is -2.12. The molecule has 0 radical (unpaired) electrons. The summed E-state index contributed by atoms with van der Waals surface area (Å²) in [5, 5.41) is 13.6. The number of hydrogen-bond acceptors (Lipinski definition) is 8. The summed E-state index contributed by atoms with van der Waals surface area (Å²) < 4.78 is 0. The molecule has 1 rings (SSSR count). The van der Waals surface area contributed by atoms with Crippen molar-refractivity contribution in [1.82, 2.24) is 15.0 Å². The van der Waals surface area contributed by atoms with Crippen molar-refractivity contribution in [3.05, 3.63) is 0 Å². The van der Waals surface area contributed by atoms with E-state index in [1.807, 2.05) is 0 Å². The molecule has 8 heteroatoms. The van der Waals surface area contributed by atoms with Gasteiger partial charge in [0.15, 0.2) is 0 Å². The molecule has 70 valence electrons. The molecule has 0 aliphatic carbocycles. The van der Waals surface area contributed by atoms with Gasteiger partial charge in [0.1, 0.15) is 0 Å². The monoisotopic (exact) mass is 183 g/mol. The zero-order valence-corrected chi connectivity index (χ0v) is 6.68. The van der Waals surface area contributed by atoms with E-state index in [1.165, 1.54) is 6.21 Å². The van der Waals surface area contributed by atoms with Crippen molar-refractivity contribution in [3.8, 4) is 0 Å². The van der Waals surface area contributed by atoms with Gasteiger partial charge in [-0.25, -0.2) is 0 Å². The van der Waals surface area contributed by atoms with Gasteiger partial charge < -0.3 is 22.0 Å². The van der Waals surface area contributed by atoms with Gasteiger partial charge >= 0.3 is 0 Å². The van der Waals surface area contributed by atoms with Crippen LogP contribution in [0.2, 0.25) is 0 Å². The predicted molar refractivity (Wildman–Crippen MR) is 47.4 cm³/mol. The number of nitrogens with zero attached hydrogens (tertiary/aromatic N) is 4. The highest BCUT2D eigenvalue weighted by Gasteiger charge is 1.98. The summed E-state index contributed by atoms with van der Waals surface area (Å²) in [5.74, 6) is 0.316. The SMILES string of the molecule is Nc1nc(N)nc(NCC=NO)n1. The quantitative estimate of drug-likeness (QED) is 0.265. The Morgan fingerprint density at radius 2 is 1.92 bits per heavy atom. The molecule has 6 N–H and O–H groups in total. The molecule has 1 aromatic rings. The number of rotatable bonds is 3. The highest BCUT2D eigenvalue weighted by molar-refractivity contribution is 5.62. The third-order valence-corrected chi connectivity index (χ3v) is 1.10. The molecule has 0 saturated carbocycles. The molecule has 0 unspecified atom stereocenters. The zero-order valence-electron chi connectivity index (χ0n) is 6.68. The molecule has 8 nitrogen and oxygen atoms in total. The van der Waals surface area contributed by atoms with E-state index in [1.54, 1.807) is 0 Å². The number of nitrogens with two attached hydrogens (primary N) is 2. The molecule has 1 heterocycles. The van der Waals surface area contributed by atoms with Crippen molar-refractivity contribution < 1.29 is 5.21 Å². The second-order valence-corrected chi connectivity index (χ2v) is 2.05. The summed E-state index contributed by atoms with van der Waals surface area (Å²) in [4.78, 5) is 11.0. The van der Waals surface area contributed by atoms with Crippen LogP contribution in [0.4, 0.5) is 17.8 Å². The van der Waals surface area contributed by atoms with E-state index >= 15 is 0 Å². The number of nitrogens with one attached hydrogen (secondary N) is 1. The van der Waals surface area contributed by atoms with E-state index in [0.29, 0.717) is 0 Å². The van der Waals surface area contributed by atoms with Gasteiger partial charge in [-0.2, -0.15) is 15.0 Å². The van der Waals surface area contributed by atoms with Crippen LogP contribution in [0.25, 0.3) is 0 Å². The van der Waals surface area contributed by atoms with Crippen LogP contribution in [0.1, 0.15) is 0 Å². The lowest BCUT2D eigenvalue weighted by Gasteiger charge is -2.01. The maximum Gasteiger partial charge on any atom is 0.229 e. The van der Waals surface area contributed by atoms with Gasteiger partial charge in [-0.15, -0.1) is 5.16 Å².